The molecule has 3 rings (SSSR count). The molecular formula is C71H121NO18. The Bertz CT molecular complexity index is 2010. The molecule has 0 aromatic rings. The summed E-state index contributed by atoms with van der Waals surface area (Å²) in [5.41, 5.74) is 0. The minimum atomic E-state index is -1.98. The van der Waals surface area contributed by atoms with Crippen LogP contribution in [0.15, 0.2) is 97.2 Å². The van der Waals surface area contributed by atoms with Crippen LogP contribution in [0.25, 0.3) is 0 Å². The Morgan fingerprint density at radius 1 is 0.411 bits per heavy atom. The Hall–Kier alpha value is -3.29. The smallest absolute Gasteiger partial charge is 0.220 e. The summed E-state index contributed by atoms with van der Waals surface area (Å²) in [6.07, 6.45) is 40.5. The molecule has 3 aliphatic rings. The van der Waals surface area contributed by atoms with Crippen molar-refractivity contribution in [3.05, 3.63) is 97.2 Å². The minimum absolute atomic E-state index is 0.205. The van der Waals surface area contributed by atoms with Crippen molar-refractivity contribution in [1.82, 2.24) is 5.32 Å². The van der Waals surface area contributed by atoms with Crippen LogP contribution in [0.3, 0.4) is 0 Å². The van der Waals surface area contributed by atoms with E-state index in [9.17, 15) is 61.0 Å². The van der Waals surface area contributed by atoms with Crippen LogP contribution in [0.2, 0.25) is 0 Å². The molecule has 0 saturated carbocycles. The van der Waals surface area contributed by atoms with Crippen LogP contribution >= 0.6 is 0 Å². The molecule has 90 heavy (non-hydrogen) atoms. The van der Waals surface area contributed by atoms with Crippen molar-refractivity contribution in [3.8, 4) is 0 Å². The summed E-state index contributed by atoms with van der Waals surface area (Å²) in [6, 6.07) is -0.918. The summed E-state index contributed by atoms with van der Waals surface area (Å²) in [5.74, 6) is -0.288. The topological polar surface area (TPSA) is 307 Å². The molecule has 0 radical (unpaired) electrons. The number of aliphatic hydroxyl groups excluding tert-OH is 11. The molecule has 19 heteroatoms. The fraction of sp³-hybridized carbons (Fsp3) is 0.761. The standard InChI is InChI=1S/C71H121NO18/c1-3-5-7-9-11-13-15-17-19-21-23-24-25-26-27-28-29-30-31-33-35-37-39-41-43-45-47-49-59(77)72-54(55(76)48-46-44-42-40-38-36-34-32-22-20-18-16-14-12-10-8-6-4-2)53-85-69-65(83)62(80)67(57(51-74)87-69)90-71-66(84)63(81)68(58(52-75)88-71)89-70-64(82)61(79)60(78)56(50-73)86-70/h5,7,11,13,17,19,23-24,26-27,29-30,33,35,39,41,54-58,60-71,73-76,78-84H,3-4,6,8-10,12,14-16,18,20-22,25,28,31-32,34,36-38,40,42-53H2,1-2H3,(H,72,77)/b7-5-,13-11-,19-17-,24-23-,27-26-,30-29-,35-33-,41-39-. The van der Waals surface area contributed by atoms with Crippen molar-refractivity contribution in [2.75, 3.05) is 26.4 Å². The highest BCUT2D eigenvalue weighted by Gasteiger charge is 2.53. The van der Waals surface area contributed by atoms with E-state index in [4.69, 9.17) is 28.4 Å². The van der Waals surface area contributed by atoms with E-state index in [1.165, 1.54) is 89.9 Å². The Morgan fingerprint density at radius 2 is 0.767 bits per heavy atom. The average Bonchev–Trinajstić information content (AvgIpc) is 0.866. The molecule has 0 aliphatic carbocycles. The Kier molecular flexibility index (Phi) is 46.8. The van der Waals surface area contributed by atoms with Crippen molar-refractivity contribution in [1.29, 1.82) is 0 Å². The number of aliphatic hydroxyl groups is 11. The highest BCUT2D eigenvalue weighted by atomic mass is 16.8. The second-order valence-corrected chi connectivity index (χ2v) is 24.3. The van der Waals surface area contributed by atoms with Gasteiger partial charge in [0.15, 0.2) is 18.9 Å². The summed E-state index contributed by atoms with van der Waals surface area (Å²) in [5, 5.41) is 121. The van der Waals surface area contributed by atoms with E-state index < -0.39 is 124 Å². The van der Waals surface area contributed by atoms with Crippen LogP contribution in [-0.2, 0) is 33.2 Å². The number of nitrogens with one attached hydrogen (secondary N) is 1. The van der Waals surface area contributed by atoms with Gasteiger partial charge in [0.05, 0.1) is 38.6 Å². The first-order chi connectivity index (χ1) is 43.8. The third-order valence-corrected chi connectivity index (χ3v) is 16.7. The van der Waals surface area contributed by atoms with Crippen molar-refractivity contribution in [2.24, 2.45) is 0 Å². The Labute approximate surface area is 539 Å². The van der Waals surface area contributed by atoms with Gasteiger partial charge in [0.2, 0.25) is 5.91 Å². The molecule has 3 fully saturated rings. The molecule has 17 unspecified atom stereocenters. The summed E-state index contributed by atoms with van der Waals surface area (Å²) < 4.78 is 34.4. The maximum Gasteiger partial charge on any atom is 0.220 e. The first kappa shape index (κ1) is 80.9. The van der Waals surface area contributed by atoms with E-state index in [0.717, 1.165) is 83.5 Å². The maximum atomic E-state index is 13.4. The van der Waals surface area contributed by atoms with Crippen LogP contribution in [0, 0.1) is 0 Å². The molecule has 3 saturated heterocycles. The molecule has 0 aromatic heterocycles. The predicted octanol–water partition coefficient (Wildman–Crippen LogP) is 8.88. The number of rotatable bonds is 51. The van der Waals surface area contributed by atoms with Crippen molar-refractivity contribution in [3.63, 3.8) is 0 Å². The number of unbranched alkanes of at least 4 members (excludes halogenated alkanes) is 19. The molecule has 1 amide bonds. The second kappa shape index (κ2) is 52.0. The first-order valence-electron chi connectivity index (χ1n) is 34.5. The average molecular weight is 1280 g/mol. The van der Waals surface area contributed by atoms with Gasteiger partial charge >= 0.3 is 0 Å². The Balaban J connectivity index is 1.46. The van der Waals surface area contributed by atoms with Crippen LogP contribution in [0.4, 0.5) is 0 Å². The van der Waals surface area contributed by atoms with E-state index >= 15 is 0 Å². The molecule has 0 spiro atoms. The maximum absolute atomic E-state index is 13.4. The van der Waals surface area contributed by atoms with E-state index in [2.05, 4.69) is 116 Å². The minimum Gasteiger partial charge on any atom is -0.394 e. The van der Waals surface area contributed by atoms with E-state index in [0.29, 0.717) is 19.3 Å². The second-order valence-electron chi connectivity index (χ2n) is 24.3. The normalized spacial score (nSPS) is 28.7. The molecule has 518 valence electrons. The van der Waals surface area contributed by atoms with Gasteiger partial charge in [0.25, 0.3) is 0 Å². The highest BCUT2D eigenvalue weighted by molar-refractivity contribution is 5.76. The largest absolute Gasteiger partial charge is 0.394 e. The lowest BCUT2D eigenvalue weighted by Crippen LogP contribution is -2.66. The molecule has 12 N–H and O–H groups in total. The van der Waals surface area contributed by atoms with Gasteiger partial charge in [0.1, 0.15) is 73.2 Å². The zero-order valence-electron chi connectivity index (χ0n) is 54.6. The summed E-state index contributed by atoms with van der Waals surface area (Å²) in [7, 11) is 0. The molecule has 19 nitrogen and oxygen atoms in total. The molecule has 3 heterocycles. The van der Waals surface area contributed by atoms with E-state index in [1.54, 1.807) is 0 Å². The van der Waals surface area contributed by atoms with Crippen molar-refractivity contribution >= 4 is 5.91 Å². The zero-order valence-corrected chi connectivity index (χ0v) is 54.6. The molecule has 17 atom stereocenters. The van der Waals surface area contributed by atoms with Crippen LogP contribution < -0.4 is 5.32 Å². The van der Waals surface area contributed by atoms with Gasteiger partial charge in [-0.2, -0.15) is 0 Å². The number of carbonyl (C=O) groups is 1. The fourth-order valence-electron chi connectivity index (χ4n) is 11.1. The highest BCUT2D eigenvalue weighted by Crippen LogP contribution is 2.33. The van der Waals surface area contributed by atoms with Crippen molar-refractivity contribution in [2.45, 2.75) is 317 Å². The zero-order chi connectivity index (χ0) is 65.4. The van der Waals surface area contributed by atoms with E-state index in [-0.39, 0.29) is 18.9 Å². The third-order valence-electron chi connectivity index (χ3n) is 16.7. The summed E-state index contributed by atoms with van der Waals surface area (Å²) in [4.78, 5) is 13.4. The fourth-order valence-corrected chi connectivity index (χ4v) is 11.1. The van der Waals surface area contributed by atoms with Gasteiger partial charge in [0, 0.05) is 6.42 Å². The van der Waals surface area contributed by atoms with Crippen LogP contribution in [-0.4, -0.2) is 193 Å². The van der Waals surface area contributed by atoms with Gasteiger partial charge in [-0.25, -0.2) is 0 Å². The monoisotopic (exact) mass is 1280 g/mol. The van der Waals surface area contributed by atoms with Gasteiger partial charge in [-0.05, 0) is 77.0 Å². The number of ether oxygens (including phenoxy) is 6. The number of carbonyl (C=O) groups excluding carboxylic acids is 1. The summed E-state index contributed by atoms with van der Waals surface area (Å²) in [6.45, 7) is 1.65. The van der Waals surface area contributed by atoms with Crippen LogP contribution in [0.5, 0.6) is 0 Å². The van der Waals surface area contributed by atoms with E-state index in [1.807, 2.05) is 0 Å². The number of hydrogen-bond donors (Lipinski definition) is 12. The first-order valence-corrected chi connectivity index (χ1v) is 34.5. The van der Waals surface area contributed by atoms with Gasteiger partial charge < -0.3 is 89.9 Å². The lowest BCUT2D eigenvalue weighted by Gasteiger charge is -2.48. The van der Waals surface area contributed by atoms with Gasteiger partial charge in [-0.15, -0.1) is 0 Å². The Morgan fingerprint density at radius 3 is 1.18 bits per heavy atom. The quantitative estimate of drug-likeness (QED) is 0.0200. The third kappa shape index (κ3) is 33.7. The number of hydrogen-bond acceptors (Lipinski definition) is 18. The molecule has 3 aliphatic heterocycles. The van der Waals surface area contributed by atoms with Gasteiger partial charge in [-0.3, -0.25) is 4.79 Å². The lowest BCUT2D eigenvalue weighted by molar-refractivity contribution is -0.379. The number of allylic oxidation sites excluding steroid dienone is 16. The SMILES string of the molecule is CC/C=C\C/C=C\C/C=C\C/C=C\C/C=C\C/C=C\C/C=C\C/C=C\CCCCC(=O)NC(COC1OC(CO)C(OC2OC(CO)C(OC3OC(CO)C(O)C(O)C3O)C(O)C2O)C(O)C1O)C(O)CCCCCCCCCCCCCCCCCCCC. The molecular weight excluding hydrogens is 1150 g/mol. The number of amides is 1. The van der Waals surface area contributed by atoms with Gasteiger partial charge in [-0.1, -0.05) is 227 Å². The van der Waals surface area contributed by atoms with Crippen LogP contribution in [0.1, 0.15) is 213 Å². The predicted molar refractivity (Wildman–Crippen MR) is 351 cm³/mol. The van der Waals surface area contributed by atoms with Crippen molar-refractivity contribution < 1.29 is 89.4 Å². The lowest BCUT2D eigenvalue weighted by atomic mass is 9.96. The molecule has 0 aromatic carbocycles. The summed E-state index contributed by atoms with van der Waals surface area (Å²) >= 11 is 0. The molecule has 0 bridgehead atoms.